The van der Waals surface area contributed by atoms with E-state index in [2.05, 4.69) is 90.7 Å². The van der Waals surface area contributed by atoms with Crippen molar-refractivity contribution < 1.29 is 0 Å². The second-order valence-corrected chi connectivity index (χ2v) is 18.2. The molecule has 3 rings (SSSR count). The van der Waals surface area contributed by atoms with Crippen LogP contribution in [0.15, 0.2) is 60.8 Å². The van der Waals surface area contributed by atoms with Crippen molar-refractivity contribution in [2.24, 2.45) is 0 Å². The molecule has 0 amide bonds. The van der Waals surface area contributed by atoms with E-state index in [1.165, 1.54) is 27.8 Å². The van der Waals surface area contributed by atoms with Gasteiger partial charge < -0.3 is 0 Å². The zero-order chi connectivity index (χ0) is 17.3. The first-order valence-electron chi connectivity index (χ1n) is 8.49. The second-order valence-electron chi connectivity index (χ2n) is 7.56. The Morgan fingerprint density at radius 1 is 0.708 bits per heavy atom. The van der Waals surface area contributed by atoms with Crippen molar-refractivity contribution in [3.63, 3.8) is 0 Å². The molecule has 1 heterocycles. The van der Waals surface area contributed by atoms with Crippen molar-refractivity contribution in [3.8, 4) is 22.4 Å². The van der Waals surface area contributed by atoms with Crippen LogP contribution in [0.2, 0.25) is 17.3 Å². The molecule has 0 saturated heterocycles. The minimum atomic E-state index is -1.74. The van der Waals surface area contributed by atoms with E-state index in [-0.39, 0.29) is 0 Å². The summed E-state index contributed by atoms with van der Waals surface area (Å²) >= 11 is -1.74. The first kappa shape index (κ1) is 17.0. The van der Waals surface area contributed by atoms with Crippen LogP contribution in [-0.2, 0) is 0 Å². The molecule has 0 spiro atoms. The SMILES string of the molecule is Cc1cnc(-c2cccc(-c3cc[c]([Ge]([CH3])([CH3])[CH3])cc3)c2)cc1C. The van der Waals surface area contributed by atoms with Crippen molar-refractivity contribution in [2.45, 2.75) is 31.1 Å². The quantitative estimate of drug-likeness (QED) is 0.544. The van der Waals surface area contributed by atoms with Gasteiger partial charge in [0.2, 0.25) is 0 Å². The van der Waals surface area contributed by atoms with Crippen molar-refractivity contribution in [3.05, 3.63) is 71.9 Å². The van der Waals surface area contributed by atoms with E-state index in [0.717, 1.165) is 5.69 Å². The standard InChI is InChI=1S/C22H25GeN/c1-16-13-22(24-15-17(16)2)20-8-6-7-19(14-20)18-9-11-21(12-10-18)23(3,4)5/h6-15H,1-5H3. The van der Waals surface area contributed by atoms with Gasteiger partial charge >= 0.3 is 148 Å². The average Bonchev–Trinajstić information content (AvgIpc) is 2.57. The van der Waals surface area contributed by atoms with Gasteiger partial charge in [-0.1, -0.05) is 0 Å². The van der Waals surface area contributed by atoms with Gasteiger partial charge in [-0.25, -0.2) is 0 Å². The molecular weight excluding hydrogens is 351 g/mol. The molecule has 0 aliphatic carbocycles. The number of benzene rings is 2. The second kappa shape index (κ2) is 6.56. The molecule has 122 valence electrons. The van der Waals surface area contributed by atoms with Crippen LogP contribution in [0, 0.1) is 13.8 Å². The summed E-state index contributed by atoms with van der Waals surface area (Å²) in [5.41, 5.74) is 7.26. The van der Waals surface area contributed by atoms with E-state index in [1.807, 2.05) is 6.20 Å². The number of pyridine rings is 1. The van der Waals surface area contributed by atoms with Gasteiger partial charge in [0.15, 0.2) is 0 Å². The molecule has 3 aromatic rings. The Labute approximate surface area is 148 Å². The summed E-state index contributed by atoms with van der Waals surface area (Å²) in [6.45, 7) is 4.24. The third kappa shape index (κ3) is 3.62. The Morgan fingerprint density at radius 3 is 2.00 bits per heavy atom. The summed E-state index contributed by atoms with van der Waals surface area (Å²) in [7, 11) is 0. The molecule has 0 atom stereocenters. The third-order valence-corrected chi connectivity index (χ3v) is 8.95. The van der Waals surface area contributed by atoms with Gasteiger partial charge in [-0.2, -0.15) is 0 Å². The molecule has 1 aromatic heterocycles. The fourth-order valence-corrected chi connectivity index (χ4v) is 5.25. The molecule has 0 N–H and O–H groups in total. The molecule has 0 aliphatic rings. The Kier molecular flexibility index (Phi) is 4.64. The van der Waals surface area contributed by atoms with E-state index in [4.69, 9.17) is 0 Å². The maximum atomic E-state index is 4.60. The van der Waals surface area contributed by atoms with Crippen LogP contribution in [0.5, 0.6) is 0 Å². The van der Waals surface area contributed by atoms with Crippen LogP contribution < -0.4 is 4.40 Å². The van der Waals surface area contributed by atoms with Gasteiger partial charge in [0.1, 0.15) is 0 Å². The summed E-state index contributed by atoms with van der Waals surface area (Å²) in [5, 5.41) is 0. The maximum absolute atomic E-state index is 4.60. The summed E-state index contributed by atoms with van der Waals surface area (Å²) in [6, 6.07) is 20.0. The van der Waals surface area contributed by atoms with Crippen LogP contribution in [0.4, 0.5) is 0 Å². The first-order valence-corrected chi connectivity index (χ1v) is 15.8. The fraction of sp³-hybridized carbons (Fsp3) is 0.227. The Morgan fingerprint density at radius 2 is 1.38 bits per heavy atom. The molecule has 24 heavy (non-hydrogen) atoms. The monoisotopic (exact) mass is 377 g/mol. The zero-order valence-electron chi connectivity index (χ0n) is 15.2. The molecule has 0 radical (unpaired) electrons. The predicted octanol–water partition coefficient (Wildman–Crippen LogP) is 5.58. The number of hydrogen-bond donors (Lipinski definition) is 0. The molecule has 2 heteroatoms. The van der Waals surface area contributed by atoms with Gasteiger partial charge in [0.25, 0.3) is 0 Å². The minimum absolute atomic E-state index is 1.04. The van der Waals surface area contributed by atoms with Crippen LogP contribution in [0.25, 0.3) is 22.4 Å². The topological polar surface area (TPSA) is 12.9 Å². The van der Waals surface area contributed by atoms with Gasteiger partial charge in [-0.3, -0.25) is 0 Å². The number of nitrogens with zero attached hydrogens (tertiary/aromatic N) is 1. The fourth-order valence-electron chi connectivity index (χ4n) is 2.80. The Bertz CT molecular complexity index is 858. The van der Waals surface area contributed by atoms with Crippen LogP contribution >= 0.6 is 0 Å². The predicted molar refractivity (Wildman–Crippen MR) is 108 cm³/mol. The molecule has 0 bridgehead atoms. The van der Waals surface area contributed by atoms with Crippen LogP contribution in [0.1, 0.15) is 11.1 Å². The van der Waals surface area contributed by atoms with Gasteiger partial charge in [0, 0.05) is 0 Å². The molecule has 0 aliphatic heterocycles. The molecule has 0 fully saturated rings. The number of rotatable bonds is 3. The molecular formula is C22H25GeN. The van der Waals surface area contributed by atoms with Gasteiger partial charge in [-0.15, -0.1) is 0 Å². The van der Waals surface area contributed by atoms with Crippen molar-refractivity contribution in [2.75, 3.05) is 0 Å². The zero-order valence-corrected chi connectivity index (χ0v) is 17.3. The van der Waals surface area contributed by atoms with E-state index < -0.39 is 13.3 Å². The van der Waals surface area contributed by atoms with Crippen molar-refractivity contribution in [1.82, 2.24) is 4.98 Å². The van der Waals surface area contributed by atoms with Gasteiger partial charge in [0.05, 0.1) is 0 Å². The summed E-state index contributed by atoms with van der Waals surface area (Å²) < 4.78 is 1.55. The third-order valence-electron chi connectivity index (χ3n) is 4.62. The summed E-state index contributed by atoms with van der Waals surface area (Å²) in [4.78, 5) is 4.60. The molecule has 1 nitrogen and oxygen atoms in total. The molecule has 0 saturated carbocycles. The Balaban J connectivity index is 1.97. The molecule has 2 aromatic carbocycles. The summed E-state index contributed by atoms with van der Waals surface area (Å²) in [5.74, 6) is 7.29. The van der Waals surface area contributed by atoms with E-state index in [9.17, 15) is 0 Å². The number of aromatic nitrogens is 1. The first-order chi connectivity index (χ1) is 11.3. The number of hydrogen-bond acceptors (Lipinski definition) is 1. The van der Waals surface area contributed by atoms with Crippen LogP contribution in [0.3, 0.4) is 0 Å². The van der Waals surface area contributed by atoms with Crippen LogP contribution in [-0.4, -0.2) is 18.3 Å². The number of aryl methyl sites for hydroxylation is 2. The molecule has 0 unspecified atom stereocenters. The van der Waals surface area contributed by atoms with Gasteiger partial charge in [-0.05, 0) is 0 Å². The van der Waals surface area contributed by atoms with Crippen molar-refractivity contribution >= 4 is 17.7 Å². The van der Waals surface area contributed by atoms with E-state index in [0.29, 0.717) is 0 Å². The normalized spacial score (nSPS) is 11.5. The Hall–Kier alpha value is -1.87. The van der Waals surface area contributed by atoms with Crippen molar-refractivity contribution in [1.29, 1.82) is 0 Å². The van der Waals surface area contributed by atoms with E-state index in [1.54, 1.807) is 4.40 Å². The average molecular weight is 376 g/mol. The summed E-state index contributed by atoms with van der Waals surface area (Å²) in [6.07, 6.45) is 1.96. The van der Waals surface area contributed by atoms with E-state index >= 15 is 0 Å².